The summed E-state index contributed by atoms with van der Waals surface area (Å²) in [7, 11) is 1.42. The van der Waals surface area contributed by atoms with E-state index in [9.17, 15) is 10.1 Å². The molecule has 1 aliphatic heterocycles. The molecule has 3 aliphatic rings. The lowest BCUT2D eigenvalue weighted by Crippen LogP contribution is -2.40. The summed E-state index contributed by atoms with van der Waals surface area (Å²) < 4.78 is 10.9. The molecule has 0 bridgehead atoms. The van der Waals surface area contributed by atoms with E-state index < -0.39 is 0 Å². The van der Waals surface area contributed by atoms with Crippen molar-refractivity contribution in [2.24, 2.45) is 16.9 Å². The van der Waals surface area contributed by atoms with Crippen LogP contribution in [0.4, 0.5) is 5.69 Å². The van der Waals surface area contributed by atoms with Gasteiger partial charge in [-0.2, -0.15) is 10.4 Å². The van der Waals surface area contributed by atoms with Crippen LogP contribution in [0.3, 0.4) is 0 Å². The van der Waals surface area contributed by atoms with Crippen LogP contribution in [0.25, 0.3) is 0 Å². The number of unbranched alkanes of at least 4 members (excludes halogenated alkanes) is 1. The summed E-state index contributed by atoms with van der Waals surface area (Å²) in [6, 6.07) is 14.3. The standard InChI is InChI=1S/C29H33N3O3/c1-3-4-15-35-26-17-23(12-9-22(26)18-30)32-28(19-7-5-6-8-19)25-14-10-20-16-21(29(33)34-2)11-13-24(20)27(25)31-32/h9,11-13,16-17,19,25,28H,3-8,10,14-15H2,1-2H3. The zero-order valence-corrected chi connectivity index (χ0v) is 20.6. The van der Waals surface area contributed by atoms with Crippen molar-refractivity contribution in [3.8, 4) is 11.8 Å². The van der Waals surface area contributed by atoms with Crippen molar-refractivity contribution >= 4 is 17.4 Å². The second-order valence-electron chi connectivity index (χ2n) is 9.87. The van der Waals surface area contributed by atoms with E-state index in [2.05, 4.69) is 18.0 Å². The summed E-state index contributed by atoms with van der Waals surface area (Å²) in [5.41, 5.74) is 5.57. The Kier molecular flexibility index (Phi) is 6.77. The van der Waals surface area contributed by atoms with Gasteiger partial charge in [0.25, 0.3) is 0 Å². The Morgan fingerprint density at radius 1 is 1.17 bits per heavy atom. The molecule has 0 saturated heterocycles. The summed E-state index contributed by atoms with van der Waals surface area (Å²) in [5, 5.41) is 17.1. The number of hydrogen-bond donors (Lipinski definition) is 0. The van der Waals surface area contributed by atoms with Crippen molar-refractivity contribution in [2.45, 2.75) is 64.3 Å². The number of carbonyl (C=O) groups is 1. The molecule has 2 aromatic carbocycles. The van der Waals surface area contributed by atoms with Crippen LogP contribution in [-0.2, 0) is 11.2 Å². The fourth-order valence-corrected chi connectivity index (χ4v) is 6.01. The first kappa shape index (κ1) is 23.4. The number of anilines is 1. The quantitative estimate of drug-likeness (QED) is 0.373. The molecule has 35 heavy (non-hydrogen) atoms. The van der Waals surface area contributed by atoms with E-state index in [-0.39, 0.29) is 5.97 Å². The monoisotopic (exact) mass is 471 g/mol. The molecule has 1 saturated carbocycles. The minimum absolute atomic E-state index is 0.303. The minimum atomic E-state index is -0.304. The first-order valence-electron chi connectivity index (χ1n) is 12.9. The zero-order valence-electron chi connectivity index (χ0n) is 20.6. The molecule has 1 heterocycles. The van der Waals surface area contributed by atoms with Crippen LogP contribution in [0, 0.1) is 23.2 Å². The maximum Gasteiger partial charge on any atom is 0.337 e. The Hall–Kier alpha value is -3.33. The molecule has 5 rings (SSSR count). The second kappa shape index (κ2) is 10.1. The van der Waals surface area contributed by atoms with Gasteiger partial charge in [-0.15, -0.1) is 0 Å². The van der Waals surface area contributed by atoms with Crippen LogP contribution in [0.2, 0.25) is 0 Å². The number of ether oxygens (including phenoxy) is 2. The SMILES string of the molecule is CCCCOc1cc(N2N=C3c4ccc(C(=O)OC)cc4CCC3C2C2CCCC2)ccc1C#N. The highest BCUT2D eigenvalue weighted by molar-refractivity contribution is 6.07. The van der Waals surface area contributed by atoms with Gasteiger partial charge in [-0.05, 0) is 67.9 Å². The van der Waals surface area contributed by atoms with Crippen molar-refractivity contribution < 1.29 is 14.3 Å². The number of nitrogens with zero attached hydrogens (tertiary/aromatic N) is 3. The predicted molar refractivity (Wildman–Crippen MR) is 136 cm³/mol. The van der Waals surface area contributed by atoms with Crippen molar-refractivity contribution in [3.05, 3.63) is 58.7 Å². The van der Waals surface area contributed by atoms with Gasteiger partial charge in [0, 0.05) is 17.5 Å². The number of benzene rings is 2. The lowest BCUT2D eigenvalue weighted by Gasteiger charge is -2.34. The van der Waals surface area contributed by atoms with Gasteiger partial charge in [0.15, 0.2) is 0 Å². The van der Waals surface area contributed by atoms with Gasteiger partial charge in [-0.3, -0.25) is 5.01 Å². The van der Waals surface area contributed by atoms with E-state index in [4.69, 9.17) is 14.6 Å². The molecule has 0 amide bonds. The molecule has 0 radical (unpaired) electrons. The first-order chi connectivity index (χ1) is 17.1. The third kappa shape index (κ3) is 4.40. The molecule has 2 aliphatic carbocycles. The van der Waals surface area contributed by atoms with Gasteiger partial charge in [-0.1, -0.05) is 32.3 Å². The molecule has 2 unspecified atom stereocenters. The van der Waals surface area contributed by atoms with Gasteiger partial charge in [0.2, 0.25) is 0 Å². The van der Waals surface area contributed by atoms with Crippen molar-refractivity contribution in [2.75, 3.05) is 18.7 Å². The van der Waals surface area contributed by atoms with Crippen LogP contribution in [0.5, 0.6) is 5.75 Å². The Labute approximate surface area is 207 Å². The maximum absolute atomic E-state index is 12.1. The number of methoxy groups -OCH3 is 1. The Balaban J connectivity index is 1.53. The third-order valence-corrected chi connectivity index (χ3v) is 7.78. The fraction of sp³-hybridized carbons (Fsp3) is 0.483. The number of esters is 1. The second-order valence-corrected chi connectivity index (χ2v) is 9.87. The molecule has 0 N–H and O–H groups in total. The van der Waals surface area contributed by atoms with Crippen LogP contribution < -0.4 is 9.75 Å². The number of carbonyl (C=O) groups excluding carboxylic acids is 1. The summed E-state index contributed by atoms with van der Waals surface area (Å²) in [6.45, 7) is 2.74. The average Bonchev–Trinajstić information content (AvgIpc) is 3.55. The van der Waals surface area contributed by atoms with E-state index in [0.717, 1.165) is 42.6 Å². The topological polar surface area (TPSA) is 74.9 Å². The number of aryl methyl sites for hydroxylation is 1. The van der Waals surface area contributed by atoms with Crippen molar-refractivity contribution in [1.29, 1.82) is 5.26 Å². The number of hydrogen-bond acceptors (Lipinski definition) is 6. The molecule has 6 nitrogen and oxygen atoms in total. The molecule has 1 fully saturated rings. The summed E-state index contributed by atoms with van der Waals surface area (Å²) in [5.74, 6) is 1.29. The summed E-state index contributed by atoms with van der Waals surface area (Å²) in [4.78, 5) is 12.1. The van der Waals surface area contributed by atoms with Crippen LogP contribution in [0.15, 0.2) is 41.5 Å². The molecule has 6 heteroatoms. The molecule has 0 aromatic heterocycles. The number of fused-ring (bicyclic) bond motifs is 3. The normalized spacial score (nSPS) is 21.2. The van der Waals surface area contributed by atoms with Gasteiger partial charge in [-0.25, -0.2) is 4.79 Å². The predicted octanol–water partition coefficient (Wildman–Crippen LogP) is 5.87. The highest BCUT2D eigenvalue weighted by Gasteiger charge is 2.45. The minimum Gasteiger partial charge on any atom is -0.492 e. The Bertz CT molecular complexity index is 1180. The van der Waals surface area contributed by atoms with Gasteiger partial charge < -0.3 is 9.47 Å². The van der Waals surface area contributed by atoms with E-state index in [1.807, 2.05) is 36.4 Å². The molecular formula is C29H33N3O3. The molecule has 0 spiro atoms. The van der Waals surface area contributed by atoms with Crippen molar-refractivity contribution in [1.82, 2.24) is 0 Å². The Morgan fingerprint density at radius 3 is 2.74 bits per heavy atom. The van der Waals surface area contributed by atoms with Crippen LogP contribution >= 0.6 is 0 Å². The van der Waals surface area contributed by atoms with Crippen LogP contribution in [0.1, 0.15) is 78.9 Å². The highest BCUT2D eigenvalue weighted by Crippen LogP contribution is 2.45. The first-order valence-corrected chi connectivity index (χ1v) is 12.9. The van der Waals surface area contributed by atoms with Gasteiger partial charge in [0.05, 0.1) is 42.3 Å². The maximum atomic E-state index is 12.1. The van der Waals surface area contributed by atoms with E-state index in [1.54, 1.807) is 0 Å². The van der Waals surface area contributed by atoms with Gasteiger partial charge in [0.1, 0.15) is 11.8 Å². The Morgan fingerprint density at radius 2 is 2.00 bits per heavy atom. The number of hydrazone groups is 1. The molecular weight excluding hydrogens is 438 g/mol. The molecule has 2 aromatic rings. The zero-order chi connectivity index (χ0) is 24.4. The average molecular weight is 472 g/mol. The highest BCUT2D eigenvalue weighted by atomic mass is 16.5. The third-order valence-electron chi connectivity index (χ3n) is 7.78. The molecule has 182 valence electrons. The van der Waals surface area contributed by atoms with E-state index in [1.165, 1.54) is 38.4 Å². The largest absolute Gasteiger partial charge is 0.492 e. The fourth-order valence-electron chi connectivity index (χ4n) is 6.01. The van der Waals surface area contributed by atoms with E-state index >= 15 is 0 Å². The number of nitriles is 1. The number of rotatable bonds is 7. The van der Waals surface area contributed by atoms with Crippen LogP contribution in [-0.4, -0.2) is 31.4 Å². The summed E-state index contributed by atoms with van der Waals surface area (Å²) in [6.07, 6.45) is 8.95. The smallest absolute Gasteiger partial charge is 0.337 e. The van der Waals surface area contributed by atoms with Crippen molar-refractivity contribution in [3.63, 3.8) is 0 Å². The lowest BCUT2D eigenvalue weighted by atomic mass is 9.75. The van der Waals surface area contributed by atoms with Gasteiger partial charge >= 0.3 is 5.97 Å². The lowest BCUT2D eigenvalue weighted by molar-refractivity contribution is 0.0600. The van der Waals surface area contributed by atoms with E-state index in [0.29, 0.717) is 41.4 Å². The summed E-state index contributed by atoms with van der Waals surface area (Å²) >= 11 is 0. The molecule has 2 atom stereocenters.